The van der Waals surface area contributed by atoms with Crippen LogP contribution in [0.2, 0.25) is 0 Å². The van der Waals surface area contributed by atoms with Crippen LogP contribution in [-0.4, -0.2) is 11.8 Å². The Kier molecular flexibility index (Phi) is 3.31. The number of carbonyl (C=O) groups is 2. The third-order valence-electron chi connectivity index (χ3n) is 7.25. The molecule has 2 aliphatic carbocycles. The quantitative estimate of drug-likeness (QED) is 0.612. The van der Waals surface area contributed by atoms with E-state index in [9.17, 15) is 9.59 Å². The summed E-state index contributed by atoms with van der Waals surface area (Å²) in [6.45, 7) is 0. The van der Waals surface area contributed by atoms with Gasteiger partial charge in [0.25, 0.3) is 0 Å². The molecular formula is C25H21NO2. The van der Waals surface area contributed by atoms with E-state index in [-0.39, 0.29) is 29.6 Å². The van der Waals surface area contributed by atoms with Gasteiger partial charge in [-0.25, -0.2) is 4.90 Å². The van der Waals surface area contributed by atoms with Crippen molar-refractivity contribution in [3.05, 3.63) is 78.4 Å². The lowest BCUT2D eigenvalue weighted by molar-refractivity contribution is -0.123. The highest BCUT2D eigenvalue weighted by molar-refractivity contribution is 6.25. The normalized spacial score (nSPS) is 31.0. The molecule has 138 valence electrons. The van der Waals surface area contributed by atoms with Crippen molar-refractivity contribution in [1.82, 2.24) is 0 Å². The van der Waals surface area contributed by atoms with Crippen molar-refractivity contribution in [3.8, 4) is 0 Å². The number of amides is 2. The molecule has 1 aliphatic heterocycles. The fraction of sp³-hybridized carbons (Fsp3) is 0.280. The zero-order chi connectivity index (χ0) is 18.8. The second-order valence-corrected chi connectivity index (χ2v) is 8.47. The van der Waals surface area contributed by atoms with E-state index in [1.807, 2.05) is 48.5 Å². The van der Waals surface area contributed by atoms with Gasteiger partial charge in [-0.3, -0.25) is 9.59 Å². The van der Waals surface area contributed by atoms with Crippen LogP contribution in [0, 0.1) is 23.7 Å². The molecule has 3 aliphatic rings. The first-order valence-electron chi connectivity index (χ1n) is 10.1. The minimum atomic E-state index is -0.157. The molecule has 1 heterocycles. The number of hydrogen-bond donors (Lipinski definition) is 0. The lowest BCUT2D eigenvalue weighted by atomic mass is 9.73. The summed E-state index contributed by atoms with van der Waals surface area (Å²) in [6, 6.07) is 24.4. The van der Waals surface area contributed by atoms with Gasteiger partial charge in [-0.05, 0) is 47.6 Å². The maximum atomic E-state index is 13.5. The summed E-state index contributed by atoms with van der Waals surface area (Å²) in [5.74, 6) is 0.763. The molecule has 0 unspecified atom stereocenters. The number of imide groups is 1. The van der Waals surface area contributed by atoms with Crippen molar-refractivity contribution in [1.29, 1.82) is 0 Å². The molecule has 0 spiro atoms. The summed E-state index contributed by atoms with van der Waals surface area (Å²) in [5.41, 5.74) is 2.07. The highest BCUT2D eigenvalue weighted by atomic mass is 16.2. The third kappa shape index (κ3) is 2.05. The Balaban J connectivity index is 1.41. The minimum absolute atomic E-state index is 0.0134. The maximum absolute atomic E-state index is 13.5. The van der Waals surface area contributed by atoms with Crippen LogP contribution in [0.1, 0.15) is 24.3 Å². The van der Waals surface area contributed by atoms with Crippen molar-refractivity contribution in [2.45, 2.75) is 18.8 Å². The van der Waals surface area contributed by atoms with E-state index in [2.05, 4.69) is 24.3 Å². The minimum Gasteiger partial charge on any atom is -0.274 e. The topological polar surface area (TPSA) is 37.4 Å². The lowest BCUT2D eigenvalue weighted by Gasteiger charge is -2.28. The Morgan fingerprint density at radius 1 is 0.714 bits per heavy atom. The van der Waals surface area contributed by atoms with Crippen LogP contribution in [0.15, 0.2) is 72.8 Å². The van der Waals surface area contributed by atoms with Gasteiger partial charge in [0.1, 0.15) is 0 Å². The zero-order valence-electron chi connectivity index (χ0n) is 15.5. The first-order chi connectivity index (χ1) is 13.7. The van der Waals surface area contributed by atoms with E-state index in [1.54, 1.807) is 0 Å². The summed E-state index contributed by atoms with van der Waals surface area (Å²) in [7, 11) is 0. The molecule has 3 aromatic rings. The van der Waals surface area contributed by atoms with E-state index in [0.29, 0.717) is 11.8 Å². The lowest BCUT2D eigenvalue weighted by Crippen LogP contribution is -2.33. The predicted molar refractivity (Wildman–Crippen MR) is 109 cm³/mol. The molecule has 1 saturated heterocycles. The number of anilines is 1. The second kappa shape index (κ2) is 5.78. The Morgan fingerprint density at radius 2 is 1.43 bits per heavy atom. The highest BCUT2D eigenvalue weighted by Crippen LogP contribution is 2.62. The van der Waals surface area contributed by atoms with Crippen molar-refractivity contribution < 1.29 is 9.59 Å². The predicted octanol–water partition coefficient (Wildman–Crippen LogP) is 4.77. The first kappa shape index (κ1) is 16.1. The van der Waals surface area contributed by atoms with Crippen LogP contribution in [-0.2, 0) is 9.59 Å². The number of rotatable bonds is 2. The monoisotopic (exact) mass is 367 g/mol. The first-order valence-corrected chi connectivity index (χ1v) is 10.1. The van der Waals surface area contributed by atoms with Crippen LogP contribution in [0.5, 0.6) is 0 Å². The van der Waals surface area contributed by atoms with Crippen molar-refractivity contribution in [3.63, 3.8) is 0 Å². The van der Waals surface area contributed by atoms with Crippen molar-refractivity contribution >= 4 is 28.3 Å². The smallest absolute Gasteiger partial charge is 0.238 e. The molecule has 3 heteroatoms. The number of benzene rings is 3. The van der Waals surface area contributed by atoms with Crippen LogP contribution in [0.25, 0.3) is 10.8 Å². The molecule has 5 atom stereocenters. The average Bonchev–Trinajstić information content (AvgIpc) is 3.40. The zero-order valence-corrected chi connectivity index (χ0v) is 15.5. The molecule has 2 amide bonds. The number of carbonyl (C=O) groups excluding carboxylic acids is 2. The molecule has 6 rings (SSSR count). The number of fused-ring (bicyclic) bond motifs is 6. The molecule has 28 heavy (non-hydrogen) atoms. The van der Waals surface area contributed by atoms with E-state index >= 15 is 0 Å². The molecule has 3 nitrogen and oxygen atoms in total. The maximum Gasteiger partial charge on any atom is 0.238 e. The van der Waals surface area contributed by atoms with Crippen LogP contribution in [0.4, 0.5) is 5.69 Å². The van der Waals surface area contributed by atoms with Gasteiger partial charge in [0.05, 0.1) is 17.5 Å². The molecule has 3 aromatic carbocycles. The van der Waals surface area contributed by atoms with Gasteiger partial charge in [-0.2, -0.15) is 0 Å². The summed E-state index contributed by atoms with van der Waals surface area (Å²) < 4.78 is 0. The molecule has 0 radical (unpaired) electrons. The van der Waals surface area contributed by atoms with Gasteiger partial charge in [0.2, 0.25) is 11.8 Å². The highest BCUT2D eigenvalue weighted by Gasteiger charge is 2.64. The summed E-state index contributed by atoms with van der Waals surface area (Å²) in [4.78, 5) is 28.4. The Bertz CT molecular complexity index is 1100. The van der Waals surface area contributed by atoms with Crippen LogP contribution < -0.4 is 4.90 Å². The van der Waals surface area contributed by atoms with Crippen molar-refractivity contribution in [2.75, 3.05) is 4.90 Å². The summed E-state index contributed by atoms with van der Waals surface area (Å²) >= 11 is 0. The third-order valence-corrected chi connectivity index (χ3v) is 7.25. The molecule has 2 bridgehead atoms. The molecule has 0 N–H and O–H groups in total. The Morgan fingerprint density at radius 3 is 2.29 bits per heavy atom. The van der Waals surface area contributed by atoms with Gasteiger partial charge < -0.3 is 0 Å². The van der Waals surface area contributed by atoms with Gasteiger partial charge in [-0.15, -0.1) is 0 Å². The van der Waals surface area contributed by atoms with E-state index in [0.717, 1.165) is 29.3 Å². The number of hydrogen-bond acceptors (Lipinski definition) is 2. The fourth-order valence-electron chi connectivity index (χ4n) is 6.18. The standard InChI is InChI=1S/C25H21NO2/c27-24-22-17-13-19(16-7-2-1-3-8-16)20(14-17)23(22)25(28)26(24)21-12-6-10-15-9-4-5-11-18(15)21/h1-12,17,19-20,22-23H,13-14H2/t17-,19+,20+,22+,23-/m0/s1. The van der Waals surface area contributed by atoms with Gasteiger partial charge in [0.15, 0.2) is 0 Å². The Labute approximate surface area is 164 Å². The van der Waals surface area contributed by atoms with Crippen molar-refractivity contribution in [2.24, 2.45) is 23.7 Å². The van der Waals surface area contributed by atoms with E-state index in [1.165, 1.54) is 10.5 Å². The van der Waals surface area contributed by atoms with Gasteiger partial charge in [-0.1, -0.05) is 66.7 Å². The largest absolute Gasteiger partial charge is 0.274 e. The van der Waals surface area contributed by atoms with Crippen LogP contribution in [0.3, 0.4) is 0 Å². The van der Waals surface area contributed by atoms with Gasteiger partial charge in [0, 0.05) is 5.39 Å². The average molecular weight is 367 g/mol. The molecule has 2 saturated carbocycles. The SMILES string of the molecule is O=C1[C@@H]2[C@@H]3C[C@@H]([C@@H]2C(=O)N1c1cccc2ccccc12)[C@@H](c1ccccc1)C3. The number of nitrogens with zero attached hydrogens (tertiary/aromatic N) is 1. The molecule has 3 fully saturated rings. The Hall–Kier alpha value is -2.94. The van der Waals surface area contributed by atoms with Crippen LogP contribution >= 0.6 is 0 Å². The van der Waals surface area contributed by atoms with E-state index < -0.39 is 0 Å². The molecule has 0 aromatic heterocycles. The summed E-state index contributed by atoms with van der Waals surface area (Å²) in [6.07, 6.45) is 2.04. The van der Waals surface area contributed by atoms with E-state index in [4.69, 9.17) is 0 Å². The summed E-state index contributed by atoms with van der Waals surface area (Å²) in [5, 5.41) is 2.03. The molecular weight excluding hydrogens is 346 g/mol. The fourth-order valence-corrected chi connectivity index (χ4v) is 6.18. The second-order valence-electron chi connectivity index (χ2n) is 8.47. The van der Waals surface area contributed by atoms with Gasteiger partial charge >= 0.3 is 0 Å².